The highest BCUT2D eigenvalue weighted by Gasteiger charge is 2.12. The lowest BCUT2D eigenvalue weighted by Gasteiger charge is -2.06. The maximum Gasteiger partial charge on any atom is 0.117 e. The van der Waals surface area contributed by atoms with Gasteiger partial charge in [-0.1, -0.05) is 18.2 Å². The highest BCUT2D eigenvalue weighted by molar-refractivity contribution is 5.92. The molecule has 2 heterocycles. The van der Waals surface area contributed by atoms with Crippen LogP contribution in [0.2, 0.25) is 0 Å². The summed E-state index contributed by atoms with van der Waals surface area (Å²) in [6.07, 6.45) is 3.06. The average molecular weight is 185 g/mol. The first-order valence-corrected chi connectivity index (χ1v) is 4.26. The molecule has 0 aliphatic carbocycles. The van der Waals surface area contributed by atoms with E-state index >= 15 is 0 Å². The maximum absolute atomic E-state index is 9.64. The first-order valence-electron chi connectivity index (χ1n) is 4.26. The van der Waals surface area contributed by atoms with E-state index in [1.165, 1.54) is 6.33 Å². The number of para-hydroxylation sites is 1. The van der Waals surface area contributed by atoms with E-state index in [9.17, 15) is 5.21 Å². The Kier molecular flexibility index (Phi) is 1.28. The van der Waals surface area contributed by atoms with Crippen LogP contribution in [0.15, 0.2) is 36.8 Å². The first-order chi connectivity index (χ1) is 6.86. The van der Waals surface area contributed by atoms with E-state index < -0.39 is 0 Å². The fourth-order valence-electron chi connectivity index (χ4n) is 1.64. The zero-order valence-corrected chi connectivity index (χ0v) is 7.25. The summed E-state index contributed by atoms with van der Waals surface area (Å²) >= 11 is 0. The van der Waals surface area contributed by atoms with Gasteiger partial charge in [0, 0.05) is 5.39 Å². The number of pyridine rings is 1. The molecule has 0 atom stereocenters. The number of rotatable bonds is 0. The minimum absolute atomic E-state index is 0.700. The molecule has 3 rings (SSSR count). The van der Waals surface area contributed by atoms with Crippen LogP contribution in [0.5, 0.6) is 0 Å². The maximum atomic E-state index is 9.64. The molecule has 0 saturated carbocycles. The molecule has 4 heteroatoms. The van der Waals surface area contributed by atoms with E-state index in [4.69, 9.17) is 0 Å². The summed E-state index contributed by atoms with van der Waals surface area (Å²) in [5.41, 5.74) is 2.26. The van der Waals surface area contributed by atoms with Crippen LogP contribution in [0.3, 0.4) is 0 Å². The Balaban J connectivity index is 2.60. The molecule has 2 aliphatic heterocycles. The molecule has 0 bridgehead atoms. The van der Waals surface area contributed by atoms with Crippen molar-refractivity contribution < 1.29 is 5.21 Å². The molecule has 0 saturated heterocycles. The third-order valence-corrected chi connectivity index (χ3v) is 2.28. The first kappa shape index (κ1) is 7.32. The van der Waals surface area contributed by atoms with Gasteiger partial charge in [0.25, 0.3) is 0 Å². The summed E-state index contributed by atoms with van der Waals surface area (Å²) in [5.74, 6) is 0. The molecule has 14 heavy (non-hydrogen) atoms. The molecular weight excluding hydrogens is 178 g/mol. The Morgan fingerprint density at radius 2 is 2.00 bits per heavy atom. The predicted octanol–water partition coefficient (Wildman–Crippen LogP) is 1.77. The lowest BCUT2D eigenvalue weighted by atomic mass is 10.1. The number of nitrogens with zero attached hydrogens (tertiary/aromatic N) is 3. The van der Waals surface area contributed by atoms with Crippen LogP contribution in [0.4, 0.5) is 0 Å². The average Bonchev–Trinajstić information content (AvgIpc) is 2.66. The summed E-state index contributed by atoms with van der Waals surface area (Å²) in [4.78, 5) is 8.19. The Bertz CT molecular complexity index is 573. The number of aromatic nitrogens is 3. The summed E-state index contributed by atoms with van der Waals surface area (Å²) < 4.78 is 1.08. The summed E-state index contributed by atoms with van der Waals surface area (Å²) in [6, 6.07) is 7.54. The van der Waals surface area contributed by atoms with Crippen LogP contribution in [-0.4, -0.2) is 19.9 Å². The molecular formula is C10H7N3O. The van der Waals surface area contributed by atoms with Crippen LogP contribution in [-0.2, 0) is 0 Å². The molecule has 0 fully saturated rings. The summed E-state index contributed by atoms with van der Waals surface area (Å²) in [6.45, 7) is 0. The van der Waals surface area contributed by atoms with E-state index in [2.05, 4.69) is 9.97 Å². The molecule has 0 unspecified atom stereocenters. The van der Waals surface area contributed by atoms with E-state index in [1.807, 2.05) is 24.3 Å². The molecule has 0 spiro atoms. The zero-order valence-electron chi connectivity index (χ0n) is 7.25. The van der Waals surface area contributed by atoms with Crippen LogP contribution in [0, 0.1) is 0 Å². The fourth-order valence-corrected chi connectivity index (χ4v) is 1.64. The van der Waals surface area contributed by atoms with Gasteiger partial charge < -0.3 is 5.21 Å². The lowest BCUT2D eigenvalue weighted by Crippen LogP contribution is -1.97. The number of hydrogen-bond donors (Lipinski definition) is 1. The van der Waals surface area contributed by atoms with Gasteiger partial charge in [-0.05, 0) is 6.07 Å². The van der Waals surface area contributed by atoms with Gasteiger partial charge in [-0.25, -0.2) is 9.97 Å². The van der Waals surface area contributed by atoms with Crippen molar-refractivity contribution in [3.05, 3.63) is 36.8 Å². The van der Waals surface area contributed by atoms with Crippen LogP contribution in [0.1, 0.15) is 0 Å². The summed E-state index contributed by atoms with van der Waals surface area (Å²) in [5, 5.41) is 10.5. The minimum Gasteiger partial charge on any atom is -0.428 e. The molecule has 0 aromatic heterocycles. The normalized spacial score (nSPS) is 11.1. The second kappa shape index (κ2) is 2.45. The molecule has 2 aliphatic rings. The van der Waals surface area contributed by atoms with Gasteiger partial charge in [-0.15, -0.1) is 0 Å². The van der Waals surface area contributed by atoms with Gasteiger partial charge in [-0.2, -0.15) is 4.73 Å². The van der Waals surface area contributed by atoms with Crippen LogP contribution >= 0.6 is 0 Å². The largest absolute Gasteiger partial charge is 0.428 e. The Morgan fingerprint density at radius 1 is 1.14 bits per heavy atom. The third kappa shape index (κ3) is 0.821. The van der Waals surface area contributed by atoms with Crippen molar-refractivity contribution in [3.63, 3.8) is 0 Å². The Hall–Kier alpha value is -2.10. The number of imidazole rings is 1. The minimum atomic E-state index is 0.700. The van der Waals surface area contributed by atoms with Crippen molar-refractivity contribution in [2.24, 2.45) is 0 Å². The van der Waals surface area contributed by atoms with Gasteiger partial charge in [0.2, 0.25) is 0 Å². The van der Waals surface area contributed by atoms with Crippen molar-refractivity contribution in [1.82, 2.24) is 14.7 Å². The van der Waals surface area contributed by atoms with Crippen molar-refractivity contribution in [2.45, 2.75) is 0 Å². The highest BCUT2D eigenvalue weighted by atomic mass is 16.5. The van der Waals surface area contributed by atoms with Crippen LogP contribution in [0.25, 0.3) is 22.3 Å². The third-order valence-electron chi connectivity index (χ3n) is 2.28. The molecule has 0 radical (unpaired) electrons. The van der Waals surface area contributed by atoms with Gasteiger partial charge in [-0.3, -0.25) is 0 Å². The second-order valence-corrected chi connectivity index (χ2v) is 3.10. The monoisotopic (exact) mass is 185 g/mol. The SMILES string of the molecule is On1cc2ncnc-2c2ccccc21. The second-order valence-electron chi connectivity index (χ2n) is 3.10. The molecule has 4 nitrogen and oxygen atoms in total. The van der Waals surface area contributed by atoms with E-state index in [0.29, 0.717) is 5.69 Å². The van der Waals surface area contributed by atoms with E-state index in [-0.39, 0.29) is 0 Å². The lowest BCUT2D eigenvalue weighted by molar-refractivity contribution is 0.198. The van der Waals surface area contributed by atoms with E-state index in [0.717, 1.165) is 21.3 Å². The van der Waals surface area contributed by atoms with Crippen LogP contribution < -0.4 is 0 Å². The zero-order chi connectivity index (χ0) is 9.54. The summed E-state index contributed by atoms with van der Waals surface area (Å²) in [7, 11) is 0. The molecule has 1 N–H and O–H groups in total. The molecule has 1 aromatic carbocycles. The predicted molar refractivity (Wildman–Crippen MR) is 51.3 cm³/mol. The Morgan fingerprint density at radius 3 is 2.93 bits per heavy atom. The molecule has 68 valence electrons. The standard InChI is InChI=1S/C10H7N3O/c14-13-5-8-10(12-6-11-8)7-3-1-2-4-9(7)13/h1-6,14H. The van der Waals surface area contributed by atoms with Crippen molar-refractivity contribution in [2.75, 3.05) is 0 Å². The van der Waals surface area contributed by atoms with Crippen molar-refractivity contribution in [3.8, 4) is 11.4 Å². The van der Waals surface area contributed by atoms with Crippen molar-refractivity contribution in [1.29, 1.82) is 0 Å². The quantitative estimate of drug-likeness (QED) is 0.543. The molecule has 1 aromatic rings. The van der Waals surface area contributed by atoms with Gasteiger partial charge >= 0.3 is 0 Å². The number of hydrogen-bond acceptors (Lipinski definition) is 3. The van der Waals surface area contributed by atoms with Gasteiger partial charge in [0.15, 0.2) is 0 Å². The fraction of sp³-hybridized carbons (Fsp3) is 0. The number of benzene rings is 1. The highest BCUT2D eigenvalue weighted by Crippen LogP contribution is 2.26. The van der Waals surface area contributed by atoms with Gasteiger partial charge in [0.05, 0.1) is 11.7 Å². The number of fused-ring (bicyclic) bond motifs is 3. The smallest absolute Gasteiger partial charge is 0.117 e. The van der Waals surface area contributed by atoms with E-state index in [1.54, 1.807) is 6.20 Å². The Labute approximate surface area is 79.8 Å². The molecule has 0 amide bonds. The van der Waals surface area contributed by atoms with Gasteiger partial charge in [0.1, 0.15) is 17.7 Å². The van der Waals surface area contributed by atoms with Crippen molar-refractivity contribution >= 4 is 10.9 Å². The topological polar surface area (TPSA) is 50.9 Å².